The van der Waals surface area contributed by atoms with Crippen molar-refractivity contribution in [1.82, 2.24) is 5.32 Å². The molecule has 0 bridgehead atoms. The summed E-state index contributed by atoms with van der Waals surface area (Å²) in [7, 11) is 0. The molecule has 0 radical (unpaired) electrons. The van der Waals surface area contributed by atoms with Crippen LogP contribution in [0.5, 0.6) is 0 Å². The molecule has 1 aliphatic carbocycles. The predicted octanol–water partition coefficient (Wildman–Crippen LogP) is 1.81. The zero-order chi connectivity index (χ0) is 12.3. The number of nitrogens with one attached hydrogen (secondary N) is 1. The minimum Gasteiger partial charge on any atom is -0.383 e. The van der Waals surface area contributed by atoms with E-state index in [1.807, 2.05) is 37.3 Å². The molecule has 2 rings (SSSR count). The van der Waals surface area contributed by atoms with Gasteiger partial charge in [-0.2, -0.15) is 0 Å². The van der Waals surface area contributed by atoms with Gasteiger partial charge in [-0.1, -0.05) is 37.3 Å². The van der Waals surface area contributed by atoms with Gasteiger partial charge in [0.15, 0.2) is 0 Å². The second-order valence-corrected chi connectivity index (χ2v) is 4.69. The third kappa shape index (κ3) is 2.67. The average molecular weight is 233 g/mol. The topological polar surface area (TPSA) is 49.3 Å². The van der Waals surface area contributed by atoms with E-state index in [0.717, 1.165) is 18.4 Å². The van der Waals surface area contributed by atoms with Crippen LogP contribution in [0.4, 0.5) is 0 Å². The molecule has 0 heterocycles. The van der Waals surface area contributed by atoms with E-state index in [1.54, 1.807) is 0 Å². The minimum atomic E-state index is -0.897. The molecule has 0 spiro atoms. The van der Waals surface area contributed by atoms with Crippen LogP contribution in [0.2, 0.25) is 0 Å². The van der Waals surface area contributed by atoms with Crippen molar-refractivity contribution in [2.24, 2.45) is 5.92 Å². The molecule has 0 aliphatic heterocycles. The molecule has 3 heteroatoms. The van der Waals surface area contributed by atoms with Gasteiger partial charge in [0.05, 0.1) is 6.54 Å². The highest BCUT2D eigenvalue weighted by molar-refractivity contribution is 5.75. The van der Waals surface area contributed by atoms with Crippen LogP contribution in [0.15, 0.2) is 30.3 Å². The highest BCUT2D eigenvalue weighted by Crippen LogP contribution is 2.45. The molecule has 3 nitrogen and oxygen atoms in total. The third-order valence-corrected chi connectivity index (χ3v) is 3.40. The van der Waals surface area contributed by atoms with E-state index < -0.39 is 5.60 Å². The molecule has 1 aromatic rings. The second kappa shape index (κ2) is 4.88. The number of carbonyl (C=O) groups excluding carboxylic acids is 1. The first-order valence-electron chi connectivity index (χ1n) is 6.21. The van der Waals surface area contributed by atoms with Gasteiger partial charge in [0.1, 0.15) is 5.60 Å². The Morgan fingerprint density at radius 3 is 2.59 bits per heavy atom. The number of carbonyl (C=O) groups is 1. The Kier molecular flexibility index (Phi) is 3.48. The first kappa shape index (κ1) is 12.1. The van der Waals surface area contributed by atoms with Crippen molar-refractivity contribution in [2.45, 2.75) is 31.8 Å². The van der Waals surface area contributed by atoms with Crippen LogP contribution in [-0.2, 0) is 10.4 Å². The number of amides is 1. The molecule has 1 aliphatic rings. The quantitative estimate of drug-likeness (QED) is 0.815. The molecule has 1 saturated carbocycles. The van der Waals surface area contributed by atoms with E-state index in [0.29, 0.717) is 13.0 Å². The van der Waals surface area contributed by atoms with Gasteiger partial charge in [0.25, 0.3) is 0 Å². The molecule has 1 atom stereocenters. The molecular weight excluding hydrogens is 214 g/mol. The number of hydrogen-bond donors (Lipinski definition) is 2. The van der Waals surface area contributed by atoms with E-state index in [9.17, 15) is 9.90 Å². The van der Waals surface area contributed by atoms with E-state index in [-0.39, 0.29) is 11.8 Å². The van der Waals surface area contributed by atoms with E-state index in [1.165, 1.54) is 0 Å². The summed E-state index contributed by atoms with van der Waals surface area (Å²) in [5.74, 6) is 0.266. The van der Waals surface area contributed by atoms with Crippen molar-refractivity contribution in [1.29, 1.82) is 0 Å². The van der Waals surface area contributed by atoms with Crippen molar-refractivity contribution >= 4 is 5.91 Å². The van der Waals surface area contributed by atoms with Crippen LogP contribution in [0.25, 0.3) is 0 Å². The maximum atomic E-state index is 11.3. The summed E-state index contributed by atoms with van der Waals surface area (Å²) < 4.78 is 0. The molecule has 1 fully saturated rings. The molecule has 1 unspecified atom stereocenters. The third-order valence-electron chi connectivity index (χ3n) is 3.40. The van der Waals surface area contributed by atoms with Crippen LogP contribution < -0.4 is 5.32 Å². The van der Waals surface area contributed by atoms with Crippen LogP contribution >= 0.6 is 0 Å². The molecular formula is C14H19NO2. The molecule has 92 valence electrons. The Labute approximate surface area is 102 Å². The Hall–Kier alpha value is -1.35. The van der Waals surface area contributed by atoms with Gasteiger partial charge in [-0.3, -0.25) is 4.79 Å². The summed E-state index contributed by atoms with van der Waals surface area (Å²) in [4.78, 5) is 11.3. The van der Waals surface area contributed by atoms with Crippen molar-refractivity contribution in [3.63, 3.8) is 0 Å². The van der Waals surface area contributed by atoms with Gasteiger partial charge in [0.2, 0.25) is 5.91 Å². The summed E-state index contributed by atoms with van der Waals surface area (Å²) in [6.45, 7) is 2.13. The van der Waals surface area contributed by atoms with Crippen LogP contribution in [0.3, 0.4) is 0 Å². The Morgan fingerprint density at radius 1 is 1.41 bits per heavy atom. The molecule has 17 heavy (non-hydrogen) atoms. The SMILES string of the molecule is CCC(=O)NCC(O)(c1ccccc1)C1CC1. The van der Waals surface area contributed by atoms with Crippen molar-refractivity contribution in [2.75, 3.05) is 6.54 Å². The predicted molar refractivity (Wildman–Crippen MR) is 66.4 cm³/mol. The van der Waals surface area contributed by atoms with E-state index in [4.69, 9.17) is 0 Å². The lowest BCUT2D eigenvalue weighted by Crippen LogP contribution is -2.42. The lowest BCUT2D eigenvalue weighted by Gasteiger charge is -2.29. The maximum Gasteiger partial charge on any atom is 0.219 e. The number of benzene rings is 1. The fourth-order valence-electron chi connectivity index (χ4n) is 2.13. The van der Waals surface area contributed by atoms with Gasteiger partial charge in [-0.05, 0) is 24.3 Å². The minimum absolute atomic E-state index is 0.0139. The molecule has 1 aromatic carbocycles. The Balaban J connectivity index is 2.12. The number of rotatable bonds is 5. The molecule has 0 saturated heterocycles. The first-order valence-corrected chi connectivity index (χ1v) is 6.21. The van der Waals surface area contributed by atoms with Crippen molar-refractivity contribution < 1.29 is 9.90 Å². The lowest BCUT2D eigenvalue weighted by molar-refractivity contribution is -0.122. The number of aliphatic hydroxyl groups is 1. The van der Waals surface area contributed by atoms with Crippen molar-refractivity contribution in [3.05, 3.63) is 35.9 Å². The second-order valence-electron chi connectivity index (χ2n) is 4.69. The van der Waals surface area contributed by atoms with Crippen LogP contribution in [0.1, 0.15) is 31.7 Å². The van der Waals surface area contributed by atoms with Crippen molar-refractivity contribution in [3.8, 4) is 0 Å². The molecule has 0 aromatic heterocycles. The van der Waals surface area contributed by atoms with Gasteiger partial charge >= 0.3 is 0 Å². The van der Waals surface area contributed by atoms with Gasteiger partial charge in [0, 0.05) is 6.42 Å². The molecule has 1 amide bonds. The van der Waals surface area contributed by atoms with E-state index in [2.05, 4.69) is 5.32 Å². The maximum absolute atomic E-state index is 11.3. The van der Waals surface area contributed by atoms with Crippen LogP contribution in [0, 0.1) is 5.92 Å². The normalized spacial score (nSPS) is 18.5. The summed E-state index contributed by atoms with van der Waals surface area (Å²) in [6, 6.07) is 9.63. The van der Waals surface area contributed by atoms with E-state index >= 15 is 0 Å². The smallest absolute Gasteiger partial charge is 0.219 e. The average Bonchev–Trinajstić information content (AvgIpc) is 3.21. The fraction of sp³-hybridized carbons (Fsp3) is 0.500. The highest BCUT2D eigenvalue weighted by atomic mass is 16.3. The lowest BCUT2D eigenvalue weighted by atomic mass is 9.88. The van der Waals surface area contributed by atoms with Gasteiger partial charge < -0.3 is 10.4 Å². The number of hydrogen-bond acceptors (Lipinski definition) is 2. The van der Waals surface area contributed by atoms with Crippen LogP contribution in [-0.4, -0.2) is 17.6 Å². The zero-order valence-corrected chi connectivity index (χ0v) is 10.1. The first-order chi connectivity index (χ1) is 8.16. The summed E-state index contributed by atoms with van der Waals surface area (Å²) in [5.41, 5.74) is 0.00503. The standard InChI is InChI=1S/C14H19NO2/c1-2-13(16)15-10-14(17,12-8-9-12)11-6-4-3-5-7-11/h3-7,12,17H,2,8-10H2,1H3,(H,15,16). The summed E-state index contributed by atoms with van der Waals surface area (Å²) in [5, 5.41) is 13.6. The summed E-state index contributed by atoms with van der Waals surface area (Å²) in [6.07, 6.45) is 2.52. The Bertz CT molecular complexity index is 386. The van der Waals surface area contributed by atoms with Gasteiger partial charge in [-0.25, -0.2) is 0 Å². The highest BCUT2D eigenvalue weighted by Gasteiger charge is 2.45. The zero-order valence-electron chi connectivity index (χ0n) is 10.1. The largest absolute Gasteiger partial charge is 0.383 e. The monoisotopic (exact) mass is 233 g/mol. The fourth-order valence-corrected chi connectivity index (χ4v) is 2.13. The van der Waals surface area contributed by atoms with Gasteiger partial charge in [-0.15, -0.1) is 0 Å². The Morgan fingerprint density at radius 2 is 2.06 bits per heavy atom. The molecule has 2 N–H and O–H groups in total. The summed E-state index contributed by atoms with van der Waals surface area (Å²) >= 11 is 0.